The normalized spacial score (nSPS) is 10.8. The van der Waals surface area contributed by atoms with E-state index in [-0.39, 0.29) is 12.1 Å². The van der Waals surface area contributed by atoms with Gasteiger partial charge in [-0.1, -0.05) is 41.4 Å². The Kier molecular flexibility index (Phi) is 6.49. The quantitative estimate of drug-likeness (QED) is 0.352. The summed E-state index contributed by atoms with van der Waals surface area (Å²) >= 11 is 12.2. The predicted molar refractivity (Wildman–Crippen MR) is 128 cm³/mol. The number of ether oxygens (including phenoxy) is 2. The summed E-state index contributed by atoms with van der Waals surface area (Å²) in [5, 5.41) is 5.62. The van der Waals surface area contributed by atoms with E-state index in [1.807, 2.05) is 54.6 Å². The van der Waals surface area contributed by atoms with Gasteiger partial charge in [-0.3, -0.25) is 4.79 Å². The minimum atomic E-state index is -0.223. The number of hydrogen-bond donors (Lipinski definition) is 0. The average Bonchev–Trinajstić information content (AvgIpc) is 2.82. The zero-order chi connectivity index (χ0) is 22.7. The molecule has 0 unspecified atom stereocenters. The second-order valence-corrected chi connectivity index (χ2v) is 7.92. The van der Waals surface area contributed by atoms with Crippen molar-refractivity contribution in [2.45, 2.75) is 6.54 Å². The molecule has 0 aliphatic heterocycles. The maximum Gasteiger partial charge on any atom is 0.267 e. The lowest BCUT2D eigenvalue weighted by Gasteiger charge is -2.14. The van der Waals surface area contributed by atoms with Gasteiger partial charge < -0.3 is 9.47 Å². The average molecular weight is 467 g/mol. The fourth-order valence-electron chi connectivity index (χ4n) is 3.37. The molecule has 0 N–H and O–H groups in total. The van der Waals surface area contributed by atoms with Crippen molar-refractivity contribution in [2.24, 2.45) is 0 Å². The summed E-state index contributed by atoms with van der Waals surface area (Å²) in [5.41, 5.74) is 3.74. The lowest BCUT2D eigenvalue weighted by Crippen LogP contribution is -2.24. The number of rotatable bonds is 6. The number of hydrogen-bond acceptors (Lipinski definition) is 4. The molecule has 0 saturated heterocycles. The molecule has 0 fully saturated rings. The van der Waals surface area contributed by atoms with Crippen LogP contribution in [0.25, 0.3) is 22.4 Å². The number of methoxy groups -OCH3 is 2. The minimum absolute atomic E-state index is 0.223. The van der Waals surface area contributed by atoms with Crippen molar-refractivity contribution in [1.29, 1.82) is 0 Å². The number of nitrogens with zero attached hydrogens (tertiary/aromatic N) is 2. The van der Waals surface area contributed by atoms with Crippen molar-refractivity contribution in [3.05, 3.63) is 98.8 Å². The van der Waals surface area contributed by atoms with E-state index in [9.17, 15) is 4.79 Å². The van der Waals surface area contributed by atoms with Crippen molar-refractivity contribution in [1.82, 2.24) is 9.78 Å². The van der Waals surface area contributed by atoms with E-state index in [2.05, 4.69) is 0 Å². The molecule has 0 radical (unpaired) electrons. The van der Waals surface area contributed by atoms with E-state index in [0.717, 1.165) is 33.8 Å². The van der Waals surface area contributed by atoms with Gasteiger partial charge in [0.2, 0.25) is 0 Å². The fourth-order valence-corrected chi connectivity index (χ4v) is 3.69. The highest BCUT2D eigenvalue weighted by Gasteiger charge is 2.14. The molecule has 4 aromatic rings. The van der Waals surface area contributed by atoms with Crippen LogP contribution >= 0.6 is 23.2 Å². The smallest absolute Gasteiger partial charge is 0.267 e. The van der Waals surface area contributed by atoms with E-state index < -0.39 is 0 Å². The van der Waals surface area contributed by atoms with Gasteiger partial charge in [-0.2, -0.15) is 5.10 Å². The van der Waals surface area contributed by atoms with E-state index in [1.165, 1.54) is 4.68 Å². The van der Waals surface area contributed by atoms with Gasteiger partial charge in [-0.15, -0.1) is 0 Å². The Morgan fingerprint density at radius 1 is 0.781 bits per heavy atom. The second kappa shape index (κ2) is 9.47. The van der Waals surface area contributed by atoms with Crippen molar-refractivity contribution < 1.29 is 9.47 Å². The van der Waals surface area contributed by atoms with Gasteiger partial charge in [0, 0.05) is 17.2 Å². The first kappa shape index (κ1) is 21.9. The third-order valence-electron chi connectivity index (χ3n) is 5.08. The van der Waals surface area contributed by atoms with Crippen molar-refractivity contribution in [3.63, 3.8) is 0 Å². The monoisotopic (exact) mass is 466 g/mol. The number of aromatic nitrogens is 2. The van der Waals surface area contributed by atoms with Crippen LogP contribution in [0.15, 0.2) is 77.6 Å². The van der Waals surface area contributed by atoms with Crippen LogP contribution in [0, 0.1) is 0 Å². The summed E-state index contributed by atoms with van der Waals surface area (Å²) in [5.74, 6) is 1.48. The van der Waals surface area contributed by atoms with E-state index in [4.69, 9.17) is 37.8 Å². The van der Waals surface area contributed by atoms with Gasteiger partial charge in [-0.05, 0) is 59.7 Å². The van der Waals surface area contributed by atoms with Crippen LogP contribution in [0.5, 0.6) is 11.5 Å². The summed E-state index contributed by atoms with van der Waals surface area (Å²) in [7, 11) is 3.23. The molecule has 1 aromatic heterocycles. The van der Waals surface area contributed by atoms with Crippen LogP contribution in [0.2, 0.25) is 10.0 Å². The molecule has 0 amide bonds. The van der Waals surface area contributed by atoms with Gasteiger partial charge in [0.05, 0.1) is 36.5 Å². The summed E-state index contributed by atoms with van der Waals surface area (Å²) in [6.45, 7) is 0.266. The zero-order valence-corrected chi connectivity index (χ0v) is 19.0. The van der Waals surface area contributed by atoms with Crippen LogP contribution in [0.4, 0.5) is 0 Å². The molecule has 162 valence electrons. The van der Waals surface area contributed by atoms with E-state index in [1.54, 1.807) is 32.4 Å². The zero-order valence-electron chi connectivity index (χ0n) is 17.5. The largest absolute Gasteiger partial charge is 0.497 e. The van der Waals surface area contributed by atoms with Crippen LogP contribution < -0.4 is 15.0 Å². The van der Waals surface area contributed by atoms with Gasteiger partial charge in [0.15, 0.2) is 0 Å². The molecule has 5 nitrogen and oxygen atoms in total. The third kappa shape index (κ3) is 4.64. The Morgan fingerprint density at radius 2 is 1.38 bits per heavy atom. The van der Waals surface area contributed by atoms with Gasteiger partial charge in [0.1, 0.15) is 11.5 Å². The highest BCUT2D eigenvalue weighted by Crippen LogP contribution is 2.31. The highest BCUT2D eigenvalue weighted by atomic mass is 35.5. The molecule has 0 saturated carbocycles. The van der Waals surface area contributed by atoms with Gasteiger partial charge in [-0.25, -0.2) is 4.68 Å². The molecule has 3 aromatic carbocycles. The lowest BCUT2D eigenvalue weighted by atomic mass is 10.00. The molecule has 0 aliphatic carbocycles. The topological polar surface area (TPSA) is 53.4 Å². The molecule has 4 rings (SSSR count). The third-order valence-corrected chi connectivity index (χ3v) is 5.82. The maximum atomic E-state index is 13.0. The van der Waals surface area contributed by atoms with Crippen molar-refractivity contribution in [3.8, 4) is 33.9 Å². The van der Waals surface area contributed by atoms with E-state index in [0.29, 0.717) is 15.7 Å². The molecule has 0 bridgehead atoms. The molecule has 7 heteroatoms. The summed E-state index contributed by atoms with van der Waals surface area (Å²) in [6.07, 6.45) is 0. The first-order valence-corrected chi connectivity index (χ1v) is 10.6. The van der Waals surface area contributed by atoms with Crippen molar-refractivity contribution in [2.75, 3.05) is 14.2 Å². The Hall–Kier alpha value is -3.28. The fraction of sp³-hybridized carbons (Fsp3) is 0.120. The standard InChI is InChI=1S/C25H20Cl2N2O3/c1-31-19-8-4-17(5-9-19)21-14-24(30)29(15-16-3-12-22(26)23(27)13-16)28-25(21)18-6-10-20(32-2)11-7-18/h3-14H,15H2,1-2H3. The predicted octanol–water partition coefficient (Wildman–Crippen LogP) is 5.95. The highest BCUT2D eigenvalue weighted by molar-refractivity contribution is 6.42. The summed E-state index contributed by atoms with van der Waals surface area (Å²) < 4.78 is 12.0. The Labute approximate surface area is 195 Å². The molecular formula is C25H20Cl2N2O3. The van der Waals surface area contributed by atoms with Crippen molar-refractivity contribution >= 4 is 23.2 Å². The van der Waals surface area contributed by atoms with Gasteiger partial charge >= 0.3 is 0 Å². The molecule has 0 aliphatic rings. The summed E-state index contributed by atoms with van der Waals surface area (Å²) in [6, 6.07) is 22.0. The Bertz CT molecular complexity index is 1300. The summed E-state index contributed by atoms with van der Waals surface area (Å²) in [4.78, 5) is 13.0. The lowest BCUT2D eigenvalue weighted by molar-refractivity contribution is 0.414. The molecule has 1 heterocycles. The van der Waals surface area contributed by atoms with Gasteiger partial charge in [0.25, 0.3) is 5.56 Å². The van der Waals surface area contributed by atoms with Crippen LogP contribution in [-0.4, -0.2) is 24.0 Å². The van der Waals surface area contributed by atoms with Crippen LogP contribution in [0.3, 0.4) is 0 Å². The first-order valence-electron chi connectivity index (χ1n) is 9.83. The first-order chi connectivity index (χ1) is 15.5. The molecule has 0 atom stereocenters. The Balaban J connectivity index is 1.84. The minimum Gasteiger partial charge on any atom is -0.497 e. The van der Waals surface area contributed by atoms with E-state index >= 15 is 0 Å². The van der Waals surface area contributed by atoms with Crippen LogP contribution in [0.1, 0.15) is 5.56 Å². The molecule has 32 heavy (non-hydrogen) atoms. The number of halogens is 2. The second-order valence-electron chi connectivity index (χ2n) is 7.11. The molecule has 0 spiro atoms. The van der Waals surface area contributed by atoms with Crippen LogP contribution in [-0.2, 0) is 6.54 Å². The maximum absolute atomic E-state index is 13.0. The SMILES string of the molecule is COc1ccc(-c2cc(=O)n(Cc3ccc(Cl)c(Cl)c3)nc2-c2ccc(OC)cc2)cc1. The number of benzene rings is 3. The Morgan fingerprint density at radius 3 is 1.94 bits per heavy atom. The molecular weight excluding hydrogens is 447 g/mol.